The number of nitrogens with zero attached hydrogens (tertiary/aromatic N) is 26. The van der Waals surface area contributed by atoms with Crippen LogP contribution in [0.3, 0.4) is 0 Å². The molecule has 42 nitrogen and oxygen atoms in total. The molecule has 0 saturated carbocycles. The van der Waals surface area contributed by atoms with Crippen molar-refractivity contribution in [3.05, 3.63) is 306 Å². The summed E-state index contributed by atoms with van der Waals surface area (Å²) < 4.78 is 37.2. The van der Waals surface area contributed by atoms with Crippen molar-refractivity contribution in [1.82, 2.24) is 136 Å². The van der Waals surface area contributed by atoms with Crippen LogP contribution in [0.1, 0.15) is 65.1 Å². The predicted octanol–water partition coefficient (Wildman–Crippen LogP) is 18.4. The van der Waals surface area contributed by atoms with Crippen molar-refractivity contribution in [3.63, 3.8) is 0 Å². The van der Waals surface area contributed by atoms with E-state index >= 15 is 0 Å². The second-order valence-corrected chi connectivity index (χ2v) is 31.9. The molecule has 688 valence electrons. The number of aromatic nitrogens is 27. The molecule has 13 heterocycles. The fraction of sp³-hybridized carbons (Fsp3) is 0.129. The van der Waals surface area contributed by atoms with Gasteiger partial charge in [-0.25, -0.2) is 39.9 Å². The fourth-order valence-corrected chi connectivity index (χ4v) is 15.0. The van der Waals surface area contributed by atoms with Gasteiger partial charge in [-0.3, -0.25) is 20.5 Å². The van der Waals surface area contributed by atoms with Gasteiger partial charge in [-0.2, -0.15) is 25.1 Å². The molecular weight excluding hydrogens is 1820 g/mol. The van der Waals surface area contributed by atoms with Gasteiger partial charge in [0.15, 0.2) is 41.3 Å². The Morgan fingerprint density at radius 1 is 0.457 bits per heavy atom. The summed E-state index contributed by atoms with van der Waals surface area (Å²) in [5, 5.41) is 87.2. The Bertz CT molecular complexity index is 7500. The van der Waals surface area contributed by atoms with E-state index in [-0.39, 0.29) is 23.9 Å². The van der Waals surface area contributed by atoms with Gasteiger partial charge >= 0.3 is 24.1 Å². The molecule has 0 atom stereocenters. The number of carbonyl (C=O) groups is 1. The molecule has 1 aliphatic rings. The van der Waals surface area contributed by atoms with E-state index in [4.69, 9.17) is 42.2 Å². The smallest absolute Gasteiger partial charge is 0.343 e. The van der Waals surface area contributed by atoms with Crippen molar-refractivity contribution >= 4 is 146 Å². The summed E-state index contributed by atoms with van der Waals surface area (Å²) >= 11 is 4.24. The molecule has 8 aromatic carbocycles. The van der Waals surface area contributed by atoms with E-state index in [0.29, 0.717) is 110 Å². The summed E-state index contributed by atoms with van der Waals surface area (Å²) in [5.74, 6) is 8.76. The lowest BCUT2D eigenvalue weighted by Crippen LogP contribution is -2.05. The molecule has 0 saturated heterocycles. The Kier molecular flexibility index (Phi) is 30.3. The van der Waals surface area contributed by atoms with Gasteiger partial charge in [0.05, 0.1) is 60.6 Å². The molecule has 1 aliphatic carbocycles. The number of para-hydroxylation sites is 2. The van der Waals surface area contributed by atoms with Crippen LogP contribution in [-0.2, 0) is 36.9 Å². The van der Waals surface area contributed by atoms with Gasteiger partial charge in [-0.15, -0.1) is 62.3 Å². The van der Waals surface area contributed by atoms with Gasteiger partial charge in [0.25, 0.3) is 5.88 Å². The second kappa shape index (κ2) is 45.7. The van der Waals surface area contributed by atoms with Crippen LogP contribution in [0.5, 0.6) is 35.1 Å². The van der Waals surface area contributed by atoms with E-state index in [1.165, 1.54) is 95.8 Å². The van der Waals surface area contributed by atoms with Crippen LogP contribution in [0, 0.1) is 13.8 Å². The van der Waals surface area contributed by atoms with E-state index in [1.807, 2.05) is 128 Å². The molecule has 0 spiro atoms. The number of H-pyrrole nitrogens is 1. The van der Waals surface area contributed by atoms with Crippen molar-refractivity contribution in [2.24, 2.45) is 0 Å². The number of hydrogen-bond donors (Lipinski definition) is 8. The average molecular weight is 1900 g/mol. The lowest BCUT2D eigenvalue weighted by Gasteiger charge is -2.10. The summed E-state index contributed by atoms with van der Waals surface area (Å²) in [6, 6.07) is 65.1. The van der Waals surface area contributed by atoms with Gasteiger partial charge in [-0.05, 0) is 153 Å². The van der Waals surface area contributed by atoms with E-state index in [0.717, 1.165) is 97.4 Å². The minimum atomic E-state index is -0.137. The van der Waals surface area contributed by atoms with Crippen LogP contribution in [-0.4, -0.2) is 157 Å². The third-order valence-corrected chi connectivity index (χ3v) is 21.8. The summed E-state index contributed by atoms with van der Waals surface area (Å²) in [7, 11) is 3.15. The lowest BCUT2D eigenvalue weighted by molar-refractivity contribution is -0.114. The zero-order chi connectivity index (χ0) is 94.4. The van der Waals surface area contributed by atoms with Crippen LogP contribution in [0.2, 0.25) is 0 Å². The van der Waals surface area contributed by atoms with Gasteiger partial charge < -0.3 is 58.8 Å². The number of aryl methyl sites for hydroxylation is 6. The van der Waals surface area contributed by atoms with Crippen LogP contribution in [0.4, 0.5) is 73.8 Å². The van der Waals surface area contributed by atoms with E-state index in [1.54, 1.807) is 92.7 Å². The number of aromatic amines is 1. The Morgan fingerprint density at radius 3 is 1.89 bits per heavy atom. The van der Waals surface area contributed by atoms with E-state index in [9.17, 15) is 4.79 Å². The van der Waals surface area contributed by atoms with Gasteiger partial charge in [-0.1, -0.05) is 147 Å². The van der Waals surface area contributed by atoms with Crippen LogP contribution >= 0.6 is 34.0 Å². The summed E-state index contributed by atoms with van der Waals surface area (Å²) in [4.78, 5) is 59.5. The number of hydrogen-bond acceptors (Lipinski definition) is 43. The first-order valence-electron chi connectivity index (χ1n) is 42.3. The Hall–Kier alpha value is -18.3. The highest BCUT2D eigenvalue weighted by molar-refractivity contribution is 7.14. The maximum Gasteiger partial charge on any atom is 0.343 e. The largest absolute Gasteiger partial charge is 0.497 e. The van der Waals surface area contributed by atoms with Crippen molar-refractivity contribution in [2.45, 2.75) is 65.7 Å². The first-order valence-corrected chi connectivity index (χ1v) is 45.0. The minimum Gasteiger partial charge on any atom is -0.497 e. The molecule has 0 fully saturated rings. The molecule has 1 amide bonds. The molecule has 21 aromatic rings. The van der Waals surface area contributed by atoms with Crippen molar-refractivity contribution in [1.29, 1.82) is 0 Å². The summed E-state index contributed by atoms with van der Waals surface area (Å²) in [6.45, 7) is 5.15. The van der Waals surface area contributed by atoms with Gasteiger partial charge in [0.1, 0.15) is 62.2 Å². The maximum absolute atomic E-state index is 11.0. The quantitative estimate of drug-likeness (QED) is 0.0237. The third-order valence-electron chi connectivity index (χ3n) is 19.8. The Labute approximate surface area is 796 Å². The number of benzene rings is 8. The summed E-state index contributed by atoms with van der Waals surface area (Å²) in [6.07, 6.45) is 17.5. The lowest BCUT2D eigenvalue weighted by atomic mass is 10.1. The zero-order valence-electron chi connectivity index (χ0n) is 73.9. The number of oxazole rings is 1. The molecular formula is C93H80N34O8S3. The SMILES string of the molecule is CC(=O)Nc1ccc(Oc2nnc(C)c(Nc3nncs3)n2)cc1.COc1cccc(Oc2nc(Nc3nncs3)c3ccccc3n2)c1.COc1nnc(-c2ccccc2)nc1Nc1scnc1C.c1cc(Nc2nnco2)nc(-c2ccc3c(c2)CCC3)n1.c1ccc(CCCc2nc(Nc3cnco3)c3ccccc3n2)cc1.c1nnc(Nc2cnnc(Cc3ccc4[nH]ncc4c3)n2)o1. The Morgan fingerprint density at radius 2 is 1.17 bits per heavy atom. The van der Waals surface area contributed by atoms with Crippen LogP contribution in [0.25, 0.3) is 55.5 Å². The van der Waals surface area contributed by atoms with Crippen molar-refractivity contribution < 1.29 is 37.0 Å². The monoisotopic (exact) mass is 1900 g/mol. The van der Waals surface area contributed by atoms with Crippen LogP contribution < -0.4 is 56.2 Å². The minimum absolute atomic E-state index is 0.0971. The molecule has 0 radical (unpaired) electrons. The number of methoxy groups -OCH3 is 2. The average Bonchev–Trinajstić information content (AvgIpc) is 1.41. The zero-order valence-corrected chi connectivity index (χ0v) is 76.3. The fourth-order valence-electron chi connectivity index (χ4n) is 13.4. The van der Waals surface area contributed by atoms with Crippen molar-refractivity contribution in [2.75, 3.05) is 51.4 Å². The molecule has 13 aromatic heterocycles. The summed E-state index contributed by atoms with van der Waals surface area (Å²) in [5.41, 5.74) is 17.1. The van der Waals surface area contributed by atoms with Crippen LogP contribution in [0.15, 0.2) is 274 Å². The molecule has 0 unspecified atom stereocenters. The first-order chi connectivity index (χ1) is 67.8. The van der Waals surface area contributed by atoms with Gasteiger partial charge in [0.2, 0.25) is 34.8 Å². The molecule has 45 heteroatoms. The third kappa shape index (κ3) is 25.5. The Balaban J connectivity index is 0.000000115. The van der Waals surface area contributed by atoms with E-state index < -0.39 is 0 Å². The number of fused-ring (bicyclic) bond motifs is 4. The predicted molar refractivity (Wildman–Crippen MR) is 517 cm³/mol. The molecule has 138 heavy (non-hydrogen) atoms. The molecule has 0 aliphatic heterocycles. The number of carbonyl (C=O) groups excluding carboxylic acids is 1. The van der Waals surface area contributed by atoms with Gasteiger partial charge in [0, 0.05) is 65.0 Å². The number of nitrogens with one attached hydrogen (secondary N) is 8. The number of anilines is 13. The highest BCUT2D eigenvalue weighted by atomic mass is 32.1. The molecule has 22 rings (SSSR count). The maximum atomic E-state index is 11.0. The standard InChI is InChI=1S/C20H18N4O.C17H13N5O2S.C15H13N5O.C14H13N7O2S.C14H13N5OS.C13H10N8O/c1-2-7-15(8-3-1)9-6-12-18-22-17-11-5-4-10-16(17)20(23-18)24-19-13-21-14-25-19;1-23-11-5-4-6-12(9-11)24-16-19-14-8-3-2-7-13(14)15(20-16)21-17-22-18-10-25-17;1-2-10-4-5-12(8-11(10)3-1)14-16-7-6-13(18-14)19-15-20-17-9-21-15;1-8-12(18-14-21-15-7-24-14)17-13(20-19-8)23-11-5-3-10(4-6-11)16-9(2)22;1-9-14(21-8-15-9)17-12-13(20-2)19-18-11(16-12)10-6-4-3-5-7-10;1-2-10-9(5-14-19-10)3-8(1)4-11-17-12(6-15-20-11)18-13-21-16-7-22-13/h1-5,7-8,10-11,13-14H,6,9,12H2,(H,22,23,24);2-10H,1H3,(H,19,20,21,22);4-9H,1-3H2,(H,16,18,19,20);3-7H,1-2H3,(H,16,22)(H,17,18,20,21);3-8H,1-2H3,(H,16,17,18);1-3,5-7H,4H2,(H,14,19)(H,17,18,20,21). The molecule has 8 N–H and O–H groups in total. The number of thiazole rings is 1. The first kappa shape index (κ1) is 91.6. The number of amides is 1. The number of rotatable bonds is 27. The second-order valence-electron chi connectivity index (χ2n) is 29.4. The normalized spacial score (nSPS) is 11.0. The van der Waals surface area contributed by atoms with Crippen molar-refractivity contribution in [3.8, 4) is 57.9 Å². The highest BCUT2D eigenvalue weighted by Gasteiger charge is 2.20. The van der Waals surface area contributed by atoms with E-state index in [2.05, 4.69) is 206 Å². The topological polar surface area (TPSA) is 529 Å². The molecule has 0 bridgehead atoms. The number of ether oxygens (including phenoxy) is 4. The highest BCUT2D eigenvalue weighted by Crippen LogP contribution is 2.35.